The molecule has 0 spiro atoms. The third kappa shape index (κ3) is 5.45. The van der Waals surface area contributed by atoms with Gasteiger partial charge in [0, 0.05) is 0 Å². The molecule has 24 heavy (non-hydrogen) atoms. The summed E-state index contributed by atoms with van der Waals surface area (Å²) in [5, 5.41) is 0. The van der Waals surface area contributed by atoms with Crippen molar-refractivity contribution in [3.8, 4) is 11.5 Å². The van der Waals surface area contributed by atoms with Gasteiger partial charge in [-0.1, -0.05) is 42.5 Å². The molecule has 1 atom stereocenters. The van der Waals surface area contributed by atoms with E-state index >= 15 is 0 Å². The number of hydrogen-bond acceptors (Lipinski definition) is 2. The maximum atomic E-state index is 5.37. The second kappa shape index (κ2) is 9.82. The molecule has 0 aromatic heterocycles. The van der Waals surface area contributed by atoms with E-state index in [1.54, 1.807) is 14.2 Å². The van der Waals surface area contributed by atoms with E-state index in [4.69, 9.17) is 9.47 Å². The topological polar surface area (TPSA) is 18.5 Å². The number of methoxy groups -OCH3 is 2. The highest BCUT2D eigenvalue weighted by molar-refractivity contribution is 5.42. The zero-order chi connectivity index (χ0) is 17.2. The third-order valence-corrected chi connectivity index (χ3v) is 4.47. The Morgan fingerprint density at radius 2 is 1.62 bits per heavy atom. The van der Waals surface area contributed by atoms with Gasteiger partial charge in [-0.15, -0.1) is 6.58 Å². The lowest BCUT2D eigenvalue weighted by Gasteiger charge is -2.13. The smallest absolute Gasteiger partial charge is 0.160 e. The normalized spacial score (nSPS) is 11.8. The fourth-order valence-corrected chi connectivity index (χ4v) is 2.98. The largest absolute Gasteiger partial charge is 0.493 e. The molecule has 128 valence electrons. The first-order valence-electron chi connectivity index (χ1n) is 8.64. The Hall–Kier alpha value is -2.22. The van der Waals surface area contributed by atoms with Gasteiger partial charge < -0.3 is 9.47 Å². The van der Waals surface area contributed by atoms with Crippen molar-refractivity contribution < 1.29 is 9.47 Å². The molecule has 0 saturated carbocycles. The quantitative estimate of drug-likeness (QED) is 0.540. The molecule has 0 radical (unpaired) electrons. The monoisotopic (exact) mass is 324 g/mol. The first-order valence-corrected chi connectivity index (χ1v) is 8.64. The molecule has 2 nitrogen and oxygen atoms in total. The zero-order valence-corrected chi connectivity index (χ0v) is 14.8. The maximum absolute atomic E-state index is 5.37. The number of rotatable bonds is 10. The van der Waals surface area contributed by atoms with Gasteiger partial charge in [0.15, 0.2) is 11.5 Å². The summed E-state index contributed by atoms with van der Waals surface area (Å²) in [6, 6.07) is 16.9. The second-order valence-corrected chi connectivity index (χ2v) is 6.10. The van der Waals surface area contributed by atoms with E-state index in [1.807, 2.05) is 6.07 Å². The molecule has 0 aliphatic carbocycles. The predicted octanol–water partition coefficient (Wildman–Crippen LogP) is 5.46. The fourth-order valence-electron chi connectivity index (χ4n) is 2.98. The Balaban J connectivity index is 1.80. The van der Waals surface area contributed by atoms with Crippen LogP contribution in [0.3, 0.4) is 0 Å². The van der Waals surface area contributed by atoms with Crippen molar-refractivity contribution in [3.05, 3.63) is 72.3 Å². The predicted molar refractivity (Wildman–Crippen MR) is 101 cm³/mol. The SMILES string of the molecule is C=C[C@@H](CCCc1ccc(OC)c(OC)c1)CCc1ccccc1. The Morgan fingerprint density at radius 1 is 0.875 bits per heavy atom. The van der Waals surface area contributed by atoms with Crippen LogP contribution >= 0.6 is 0 Å². The summed E-state index contributed by atoms with van der Waals surface area (Å²) in [7, 11) is 3.35. The van der Waals surface area contributed by atoms with Gasteiger partial charge in [0.25, 0.3) is 0 Å². The van der Waals surface area contributed by atoms with Gasteiger partial charge in [0.1, 0.15) is 0 Å². The van der Waals surface area contributed by atoms with Gasteiger partial charge in [-0.3, -0.25) is 0 Å². The minimum absolute atomic E-state index is 0.574. The lowest BCUT2D eigenvalue weighted by Crippen LogP contribution is -2.00. The molecule has 2 aromatic rings. The fraction of sp³-hybridized carbons (Fsp3) is 0.364. The van der Waals surface area contributed by atoms with E-state index in [-0.39, 0.29) is 0 Å². The molecule has 2 aromatic carbocycles. The molecule has 0 bridgehead atoms. The summed E-state index contributed by atoms with van der Waals surface area (Å²) in [6.07, 6.45) is 7.77. The van der Waals surface area contributed by atoms with Crippen LogP contribution in [0.1, 0.15) is 30.4 Å². The van der Waals surface area contributed by atoms with E-state index in [0.29, 0.717) is 5.92 Å². The summed E-state index contributed by atoms with van der Waals surface area (Å²) in [6.45, 7) is 4.01. The van der Waals surface area contributed by atoms with E-state index < -0.39 is 0 Å². The molecule has 0 unspecified atom stereocenters. The van der Waals surface area contributed by atoms with Crippen molar-refractivity contribution in [2.45, 2.75) is 32.1 Å². The number of hydrogen-bond donors (Lipinski definition) is 0. The highest BCUT2D eigenvalue weighted by Gasteiger charge is 2.07. The average Bonchev–Trinajstić information content (AvgIpc) is 2.65. The van der Waals surface area contributed by atoms with Crippen molar-refractivity contribution in [1.82, 2.24) is 0 Å². The minimum Gasteiger partial charge on any atom is -0.493 e. The summed E-state index contributed by atoms with van der Waals surface area (Å²) < 4.78 is 10.7. The second-order valence-electron chi connectivity index (χ2n) is 6.10. The molecular formula is C22H28O2. The van der Waals surface area contributed by atoms with Crippen LogP contribution in [-0.4, -0.2) is 14.2 Å². The van der Waals surface area contributed by atoms with Crippen molar-refractivity contribution in [2.75, 3.05) is 14.2 Å². The van der Waals surface area contributed by atoms with Gasteiger partial charge in [0.05, 0.1) is 14.2 Å². The molecule has 0 saturated heterocycles. The standard InChI is InChI=1S/C22H28O2/c1-4-18(13-14-19-9-6-5-7-10-19)11-8-12-20-15-16-21(23-2)22(17-20)24-3/h4-7,9-10,15-18H,1,8,11-14H2,2-3H3/t18-/m0/s1. The summed E-state index contributed by atoms with van der Waals surface area (Å²) in [5.74, 6) is 2.16. The average molecular weight is 324 g/mol. The first kappa shape index (κ1) is 18.1. The van der Waals surface area contributed by atoms with Gasteiger partial charge >= 0.3 is 0 Å². The van der Waals surface area contributed by atoms with E-state index in [9.17, 15) is 0 Å². The summed E-state index contributed by atoms with van der Waals surface area (Å²) in [4.78, 5) is 0. The number of aryl methyl sites for hydroxylation is 2. The summed E-state index contributed by atoms with van der Waals surface area (Å²) >= 11 is 0. The van der Waals surface area contributed by atoms with Gasteiger partial charge in [0.2, 0.25) is 0 Å². The number of benzene rings is 2. The van der Waals surface area contributed by atoms with E-state index in [0.717, 1.165) is 30.8 Å². The molecular weight excluding hydrogens is 296 g/mol. The highest BCUT2D eigenvalue weighted by Crippen LogP contribution is 2.28. The number of allylic oxidation sites excluding steroid dienone is 1. The van der Waals surface area contributed by atoms with Crippen LogP contribution in [0.15, 0.2) is 61.2 Å². The van der Waals surface area contributed by atoms with Crippen LogP contribution in [0.25, 0.3) is 0 Å². The Kier molecular flexibility index (Phi) is 7.41. The molecule has 0 aliphatic heterocycles. The van der Waals surface area contributed by atoms with Crippen molar-refractivity contribution in [1.29, 1.82) is 0 Å². The Bertz CT molecular complexity index is 619. The minimum atomic E-state index is 0.574. The molecule has 0 heterocycles. The highest BCUT2D eigenvalue weighted by atomic mass is 16.5. The lowest BCUT2D eigenvalue weighted by atomic mass is 9.93. The molecule has 2 heteroatoms. The van der Waals surface area contributed by atoms with Gasteiger partial charge in [-0.2, -0.15) is 0 Å². The molecule has 0 N–H and O–H groups in total. The van der Waals surface area contributed by atoms with Crippen LogP contribution < -0.4 is 9.47 Å². The van der Waals surface area contributed by atoms with Crippen molar-refractivity contribution in [3.63, 3.8) is 0 Å². The van der Waals surface area contributed by atoms with Crippen LogP contribution in [-0.2, 0) is 12.8 Å². The lowest BCUT2D eigenvalue weighted by molar-refractivity contribution is 0.354. The summed E-state index contributed by atoms with van der Waals surface area (Å²) in [5.41, 5.74) is 2.70. The van der Waals surface area contributed by atoms with E-state index in [1.165, 1.54) is 24.0 Å². The van der Waals surface area contributed by atoms with Crippen LogP contribution in [0.4, 0.5) is 0 Å². The molecule has 2 rings (SSSR count). The zero-order valence-electron chi connectivity index (χ0n) is 14.8. The van der Waals surface area contributed by atoms with Crippen LogP contribution in [0.2, 0.25) is 0 Å². The third-order valence-electron chi connectivity index (χ3n) is 4.47. The van der Waals surface area contributed by atoms with Crippen molar-refractivity contribution in [2.24, 2.45) is 5.92 Å². The van der Waals surface area contributed by atoms with Crippen LogP contribution in [0, 0.1) is 5.92 Å². The van der Waals surface area contributed by atoms with Crippen LogP contribution in [0.5, 0.6) is 11.5 Å². The van der Waals surface area contributed by atoms with E-state index in [2.05, 4.69) is 55.1 Å². The molecule has 0 fully saturated rings. The molecule has 0 aliphatic rings. The Labute approximate surface area is 146 Å². The van der Waals surface area contributed by atoms with Crippen molar-refractivity contribution >= 4 is 0 Å². The molecule has 0 amide bonds. The van der Waals surface area contributed by atoms with Gasteiger partial charge in [-0.05, 0) is 61.3 Å². The maximum Gasteiger partial charge on any atom is 0.160 e. The van der Waals surface area contributed by atoms with Gasteiger partial charge in [-0.25, -0.2) is 0 Å². The first-order chi connectivity index (χ1) is 11.8. The Morgan fingerprint density at radius 3 is 2.29 bits per heavy atom. The number of ether oxygens (including phenoxy) is 2.